The normalized spacial score (nSPS) is 15.6. The van der Waals surface area contributed by atoms with E-state index in [0.717, 1.165) is 24.0 Å². The Balaban J connectivity index is 1.82. The Morgan fingerprint density at radius 1 is 0.870 bits per heavy atom. The van der Waals surface area contributed by atoms with E-state index in [-0.39, 0.29) is 11.5 Å². The number of hydrogen-bond donors (Lipinski definition) is 1. The molecule has 3 nitrogen and oxygen atoms in total. The Kier molecular flexibility index (Phi) is 4.07. The summed E-state index contributed by atoms with van der Waals surface area (Å²) in [5.41, 5.74) is 3.53. The van der Waals surface area contributed by atoms with Crippen LogP contribution in [-0.2, 0) is 15.4 Å². The minimum Gasteiger partial charge on any atom is -0.208 e. The minimum absolute atomic E-state index is 0.129. The molecule has 0 spiro atoms. The highest BCUT2D eigenvalue weighted by atomic mass is 32.2. The lowest BCUT2D eigenvalue weighted by Crippen LogP contribution is -2.25. The molecule has 1 aliphatic rings. The van der Waals surface area contributed by atoms with Crippen molar-refractivity contribution >= 4 is 10.0 Å². The van der Waals surface area contributed by atoms with E-state index in [1.54, 1.807) is 12.1 Å². The lowest BCUT2D eigenvalue weighted by atomic mass is 9.86. The van der Waals surface area contributed by atoms with Crippen molar-refractivity contribution in [3.8, 4) is 11.1 Å². The van der Waals surface area contributed by atoms with E-state index in [2.05, 4.69) is 49.8 Å². The SMILES string of the molecule is CC(C)(C)c1ccc(-c2ccc(S(=O)(=O)NC3CC3)cc2)cc1. The molecule has 3 rings (SSSR count). The Morgan fingerprint density at radius 3 is 1.78 bits per heavy atom. The Bertz CT molecular complexity index is 781. The van der Waals surface area contributed by atoms with E-state index < -0.39 is 10.0 Å². The van der Waals surface area contributed by atoms with Crippen molar-refractivity contribution in [2.45, 2.75) is 50.0 Å². The fraction of sp³-hybridized carbons (Fsp3) is 0.368. The molecule has 2 aromatic rings. The van der Waals surface area contributed by atoms with E-state index in [0.29, 0.717) is 4.90 Å². The first-order valence-electron chi connectivity index (χ1n) is 7.99. The molecule has 0 radical (unpaired) electrons. The van der Waals surface area contributed by atoms with Crippen LogP contribution in [-0.4, -0.2) is 14.5 Å². The van der Waals surface area contributed by atoms with Gasteiger partial charge in [0.2, 0.25) is 10.0 Å². The summed E-state index contributed by atoms with van der Waals surface area (Å²) < 4.78 is 27.1. The van der Waals surface area contributed by atoms with Crippen LogP contribution in [0, 0.1) is 0 Å². The fourth-order valence-corrected chi connectivity index (χ4v) is 3.78. The Labute approximate surface area is 138 Å². The molecule has 2 aromatic carbocycles. The molecule has 4 heteroatoms. The van der Waals surface area contributed by atoms with Crippen LogP contribution in [0.25, 0.3) is 11.1 Å². The van der Waals surface area contributed by atoms with E-state index in [1.165, 1.54) is 5.56 Å². The van der Waals surface area contributed by atoms with Crippen molar-refractivity contribution < 1.29 is 8.42 Å². The molecule has 1 fully saturated rings. The number of hydrogen-bond acceptors (Lipinski definition) is 2. The van der Waals surface area contributed by atoms with Crippen LogP contribution in [0.1, 0.15) is 39.2 Å². The van der Waals surface area contributed by atoms with Gasteiger partial charge >= 0.3 is 0 Å². The van der Waals surface area contributed by atoms with Gasteiger partial charge in [-0.25, -0.2) is 13.1 Å². The smallest absolute Gasteiger partial charge is 0.208 e. The van der Waals surface area contributed by atoms with Crippen molar-refractivity contribution in [3.63, 3.8) is 0 Å². The van der Waals surface area contributed by atoms with Crippen LogP contribution in [0.4, 0.5) is 0 Å². The summed E-state index contributed by atoms with van der Waals surface area (Å²) in [6.07, 6.45) is 1.88. The van der Waals surface area contributed by atoms with Crippen LogP contribution < -0.4 is 4.72 Å². The average molecular weight is 329 g/mol. The molecule has 0 aromatic heterocycles. The van der Waals surface area contributed by atoms with Crippen molar-refractivity contribution in [2.24, 2.45) is 0 Å². The summed E-state index contributed by atoms with van der Waals surface area (Å²) in [4.78, 5) is 0.333. The number of rotatable bonds is 4. The second-order valence-corrected chi connectivity index (χ2v) is 8.96. The lowest BCUT2D eigenvalue weighted by molar-refractivity contribution is 0.581. The van der Waals surface area contributed by atoms with Gasteiger partial charge in [-0.3, -0.25) is 0 Å². The van der Waals surface area contributed by atoms with Gasteiger partial charge in [-0.2, -0.15) is 0 Å². The second kappa shape index (κ2) is 5.77. The highest BCUT2D eigenvalue weighted by Gasteiger charge is 2.27. The summed E-state index contributed by atoms with van der Waals surface area (Å²) in [5, 5.41) is 0. The quantitative estimate of drug-likeness (QED) is 0.918. The number of benzene rings is 2. The molecule has 122 valence electrons. The first kappa shape index (κ1) is 16.2. The van der Waals surface area contributed by atoms with E-state index in [1.807, 2.05) is 12.1 Å². The van der Waals surface area contributed by atoms with Gasteiger partial charge in [0.05, 0.1) is 4.90 Å². The third-order valence-corrected chi connectivity index (χ3v) is 5.68. The summed E-state index contributed by atoms with van der Waals surface area (Å²) in [6.45, 7) is 6.57. The Morgan fingerprint density at radius 2 is 1.35 bits per heavy atom. The summed E-state index contributed by atoms with van der Waals surface area (Å²) in [5.74, 6) is 0. The summed E-state index contributed by atoms with van der Waals surface area (Å²) in [7, 11) is -3.37. The van der Waals surface area contributed by atoms with Crippen molar-refractivity contribution in [2.75, 3.05) is 0 Å². The van der Waals surface area contributed by atoms with Gasteiger partial charge in [-0.1, -0.05) is 57.2 Å². The fourth-order valence-electron chi connectivity index (χ4n) is 2.48. The maximum atomic E-state index is 12.2. The number of nitrogens with one attached hydrogen (secondary N) is 1. The maximum absolute atomic E-state index is 12.2. The van der Waals surface area contributed by atoms with Crippen molar-refractivity contribution in [1.82, 2.24) is 4.72 Å². The molecule has 23 heavy (non-hydrogen) atoms. The highest BCUT2D eigenvalue weighted by molar-refractivity contribution is 7.89. The molecule has 0 bridgehead atoms. The van der Waals surface area contributed by atoms with E-state index in [9.17, 15) is 8.42 Å². The molecule has 0 amide bonds. The topological polar surface area (TPSA) is 46.2 Å². The van der Waals surface area contributed by atoms with E-state index >= 15 is 0 Å². The maximum Gasteiger partial charge on any atom is 0.240 e. The third-order valence-electron chi connectivity index (χ3n) is 4.15. The zero-order valence-electron chi connectivity index (χ0n) is 13.8. The molecule has 0 atom stereocenters. The van der Waals surface area contributed by atoms with Crippen LogP contribution in [0.3, 0.4) is 0 Å². The van der Waals surface area contributed by atoms with Gasteiger partial charge in [0.25, 0.3) is 0 Å². The lowest BCUT2D eigenvalue weighted by Gasteiger charge is -2.19. The van der Waals surface area contributed by atoms with Crippen LogP contribution in [0.2, 0.25) is 0 Å². The highest BCUT2D eigenvalue weighted by Crippen LogP contribution is 2.27. The van der Waals surface area contributed by atoms with E-state index in [4.69, 9.17) is 0 Å². The number of sulfonamides is 1. The molecule has 1 aliphatic carbocycles. The standard InChI is InChI=1S/C19H23NO2S/c1-19(2,3)16-8-4-14(5-9-16)15-6-12-18(13-7-15)23(21,22)20-17-10-11-17/h4-9,12-13,17,20H,10-11H2,1-3H3. The van der Waals surface area contributed by atoms with Gasteiger partial charge in [0.15, 0.2) is 0 Å². The zero-order chi connectivity index (χ0) is 16.7. The predicted molar refractivity (Wildman–Crippen MR) is 93.9 cm³/mol. The molecular formula is C19H23NO2S. The van der Waals surface area contributed by atoms with Crippen LogP contribution in [0.5, 0.6) is 0 Å². The minimum atomic E-state index is -3.37. The molecule has 0 heterocycles. The first-order valence-corrected chi connectivity index (χ1v) is 9.47. The first-order chi connectivity index (χ1) is 10.8. The van der Waals surface area contributed by atoms with Crippen LogP contribution in [0.15, 0.2) is 53.4 Å². The monoisotopic (exact) mass is 329 g/mol. The average Bonchev–Trinajstić information content (AvgIpc) is 3.30. The van der Waals surface area contributed by atoms with Gasteiger partial charge in [-0.05, 0) is 47.1 Å². The summed E-state index contributed by atoms with van der Waals surface area (Å²) in [6, 6.07) is 15.7. The molecular weight excluding hydrogens is 306 g/mol. The van der Waals surface area contributed by atoms with Crippen molar-refractivity contribution in [1.29, 1.82) is 0 Å². The summed E-state index contributed by atoms with van der Waals surface area (Å²) >= 11 is 0. The molecule has 1 saturated carbocycles. The van der Waals surface area contributed by atoms with Gasteiger partial charge in [0.1, 0.15) is 0 Å². The molecule has 0 saturated heterocycles. The molecule has 0 unspecified atom stereocenters. The van der Waals surface area contributed by atoms with Gasteiger partial charge < -0.3 is 0 Å². The molecule has 1 N–H and O–H groups in total. The second-order valence-electron chi connectivity index (χ2n) is 7.25. The predicted octanol–water partition coefficient (Wildman–Crippen LogP) is 4.09. The van der Waals surface area contributed by atoms with Crippen molar-refractivity contribution in [3.05, 3.63) is 54.1 Å². The van der Waals surface area contributed by atoms with Crippen LogP contribution >= 0.6 is 0 Å². The zero-order valence-corrected chi connectivity index (χ0v) is 14.7. The third kappa shape index (κ3) is 3.82. The van der Waals surface area contributed by atoms with Gasteiger partial charge in [-0.15, -0.1) is 0 Å². The largest absolute Gasteiger partial charge is 0.240 e. The van der Waals surface area contributed by atoms with Gasteiger partial charge in [0, 0.05) is 6.04 Å². The Hall–Kier alpha value is -1.65. The molecule has 0 aliphatic heterocycles.